The van der Waals surface area contributed by atoms with Crippen LogP contribution in [0.15, 0.2) is 24.3 Å². The fourth-order valence-corrected chi connectivity index (χ4v) is 7.13. The summed E-state index contributed by atoms with van der Waals surface area (Å²) in [7, 11) is -1.56. The van der Waals surface area contributed by atoms with E-state index >= 15 is 0 Å². The molecule has 15 heavy (non-hydrogen) atoms. The number of allylic oxidation sites excluding steroid dienone is 4. The number of rotatable bonds is 7. The van der Waals surface area contributed by atoms with E-state index in [-0.39, 0.29) is 0 Å². The standard InChI is InChI=1S/C13H23ClSi/c1-3-5-11-15(14,12-6-4-2)13-9-7-8-10-13/h7-10,13H,3-6,11-12H2,1-2H3. The van der Waals surface area contributed by atoms with Crippen LogP contribution in [-0.2, 0) is 0 Å². The Hall–Kier alpha value is -0.0131. The minimum atomic E-state index is -1.56. The zero-order valence-corrected chi connectivity index (χ0v) is 11.8. The van der Waals surface area contributed by atoms with E-state index in [1.165, 1.54) is 37.8 Å². The summed E-state index contributed by atoms with van der Waals surface area (Å²) in [4.78, 5) is 0. The molecular weight excluding hydrogens is 220 g/mol. The van der Waals surface area contributed by atoms with Gasteiger partial charge in [0.05, 0.1) is 0 Å². The zero-order valence-electron chi connectivity index (χ0n) is 10.0. The van der Waals surface area contributed by atoms with Crippen molar-refractivity contribution in [2.75, 3.05) is 0 Å². The molecule has 0 bridgehead atoms. The van der Waals surface area contributed by atoms with E-state index < -0.39 is 7.38 Å². The van der Waals surface area contributed by atoms with Crippen molar-refractivity contribution in [2.45, 2.75) is 57.2 Å². The van der Waals surface area contributed by atoms with Crippen molar-refractivity contribution < 1.29 is 0 Å². The Kier molecular flexibility index (Phi) is 5.69. The quantitative estimate of drug-likeness (QED) is 0.422. The summed E-state index contributed by atoms with van der Waals surface area (Å²) in [5, 5.41) is 0. The number of hydrogen-bond acceptors (Lipinski definition) is 0. The zero-order chi connectivity index (χ0) is 11.1. The molecule has 0 N–H and O–H groups in total. The lowest BCUT2D eigenvalue weighted by Gasteiger charge is -2.28. The Morgan fingerprint density at radius 2 is 1.47 bits per heavy atom. The van der Waals surface area contributed by atoms with Crippen molar-refractivity contribution in [3.05, 3.63) is 24.3 Å². The van der Waals surface area contributed by atoms with Gasteiger partial charge in [0.15, 0.2) is 7.38 Å². The summed E-state index contributed by atoms with van der Waals surface area (Å²) >= 11 is 6.94. The van der Waals surface area contributed by atoms with Crippen molar-refractivity contribution in [1.29, 1.82) is 0 Å². The monoisotopic (exact) mass is 242 g/mol. The first-order chi connectivity index (χ1) is 7.23. The highest BCUT2D eigenvalue weighted by molar-refractivity contribution is 7.21. The summed E-state index contributed by atoms with van der Waals surface area (Å²) in [5.74, 6) is 0. The molecule has 0 spiro atoms. The van der Waals surface area contributed by atoms with Crippen molar-refractivity contribution in [3.63, 3.8) is 0 Å². The van der Waals surface area contributed by atoms with Gasteiger partial charge in [-0.15, -0.1) is 0 Å². The van der Waals surface area contributed by atoms with E-state index in [0.29, 0.717) is 5.54 Å². The van der Waals surface area contributed by atoms with Crippen LogP contribution in [-0.4, -0.2) is 7.38 Å². The van der Waals surface area contributed by atoms with Crippen molar-refractivity contribution in [3.8, 4) is 0 Å². The maximum Gasteiger partial charge on any atom is 0.167 e. The average molecular weight is 243 g/mol. The first-order valence-corrected chi connectivity index (χ1v) is 9.77. The third-order valence-electron chi connectivity index (χ3n) is 3.24. The van der Waals surface area contributed by atoms with Gasteiger partial charge in [0.2, 0.25) is 0 Å². The van der Waals surface area contributed by atoms with E-state index in [4.69, 9.17) is 11.1 Å². The number of hydrogen-bond donors (Lipinski definition) is 0. The molecule has 1 aliphatic carbocycles. The van der Waals surface area contributed by atoms with Crippen LogP contribution in [0.25, 0.3) is 0 Å². The van der Waals surface area contributed by atoms with Crippen LogP contribution >= 0.6 is 11.1 Å². The molecule has 0 amide bonds. The van der Waals surface area contributed by atoms with Crippen LogP contribution in [0.2, 0.25) is 17.6 Å². The van der Waals surface area contributed by atoms with Crippen molar-refractivity contribution >= 4 is 18.5 Å². The summed E-state index contributed by atoms with van der Waals surface area (Å²) in [6.07, 6.45) is 14.1. The molecule has 0 fully saturated rings. The van der Waals surface area contributed by atoms with Gasteiger partial charge in [-0.25, -0.2) is 0 Å². The Labute approximate surface area is 100 Å². The van der Waals surface area contributed by atoms with Crippen LogP contribution in [0.5, 0.6) is 0 Å². The average Bonchev–Trinajstić information content (AvgIpc) is 2.77. The Morgan fingerprint density at radius 3 is 1.87 bits per heavy atom. The van der Waals surface area contributed by atoms with Gasteiger partial charge < -0.3 is 0 Å². The molecular formula is C13H23ClSi. The van der Waals surface area contributed by atoms with Gasteiger partial charge >= 0.3 is 0 Å². The Bertz CT molecular complexity index is 213. The van der Waals surface area contributed by atoms with Crippen molar-refractivity contribution in [1.82, 2.24) is 0 Å². The molecule has 0 aliphatic heterocycles. The lowest BCUT2D eigenvalue weighted by Crippen LogP contribution is -2.31. The molecule has 0 saturated carbocycles. The van der Waals surface area contributed by atoms with Gasteiger partial charge in [0.1, 0.15) is 0 Å². The number of halogens is 1. The van der Waals surface area contributed by atoms with Gasteiger partial charge in [0.25, 0.3) is 0 Å². The highest BCUT2D eigenvalue weighted by atomic mass is 35.6. The van der Waals surface area contributed by atoms with E-state index in [2.05, 4.69) is 38.2 Å². The molecule has 1 aliphatic rings. The highest BCUT2D eigenvalue weighted by Gasteiger charge is 2.36. The molecule has 2 heteroatoms. The van der Waals surface area contributed by atoms with Gasteiger partial charge in [-0.1, -0.05) is 63.8 Å². The first-order valence-electron chi connectivity index (χ1n) is 6.27. The molecule has 0 saturated heterocycles. The third-order valence-corrected chi connectivity index (χ3v) is 9.08. The lowest BCUT2D eigenvalue weighted by atomic mass is 10.4. The second-order valence-corrected chi connectivity index (χ2v) is 10.5. The van der Waals surface area contributed by atoms with E-state index in [1.54, 1.807) is 0 Å². The highest BCUT2D eigenvalue weighted by Crippen LogP contribution is 2.40. The van der Waals surface area contributed by atoms with Gasteiger partial charge in [-0.05, 0) is 12.1 Å². The largest absolute Gasteiger partial charge is 0.167 e. The molecule has 0 unspecified atom stereocenters. The fourth-order valence-electron chi connectivity index (χ4n) is 2.18. The third kappa shape index (κ3) is 3.80. The first kappa shape index (κ1) is 13.1. The lowest BCUT2D eigenvalue weighted by molar-refractivity contribution is 0.829. The van der Waals surface area contributed by atoms with Crippen LogP contribution in [0.4, 0.5) is 0 Å². The van der Waals surface area contributed by atoms with E-state index in [0.717, 1.165) is 0 Å². The second kappa shape index (κ2) is 6.54. The molecule has 1 rings (SSSR count). The van der Waals surface area contributed by atoms with Crippen LogP contribution in [0.1, 0.15) is 39.5 Å². The molecule has 0 heterocycles. The van der Waals surface area contributed by atoms with Gasteiger partial charge in [-0.3, -0.25) is 0 Å². The van der Waals surface area contributed by atoms with E-state index in [1.807, 2.05) is 0 Å². The normalized spacial score (nSPS) is 16.5. The SMILES string of the molecule is CCCC[Si](Cl)(CCCC)C1C=CC=C1. The van der Waals surface area contributed by atoms with Crippen molar-refractivity contribution in [2.24, 2.45) is 0 Å². The van der Waals surface area contributed by atoms with Gasteiger partial charge in [0, 0.05) is 5.54 Å². The molecule has 0 atom stereocenters. The predicted octanol–water partition coefficient (Wildman–Crippen LogP) is 5.27. The maximum atomic E-state index is 6.94. The minimum Gasteiger partial charge on any atom is -0.166 e. The minimum absolute atomic E-state index is 0.595. The smallest absolute Gasteiger partial charge is 0.166 e. The maximum absolute atomic E-state index is 6.94. The summed E-state index contributed by atoms with van der Waals surface area (Å²) in [5.41, 5.74) is 0.595. The summed E-state index contributed by atoms with van der Waals surface area (Å²) in [6, 6.07) is 2.56. The summed E-state index contributed by atoms with van der Waals surface area (Å²) in [6.45, 7) is 4.51. The fraction of sp³-hybridized carbons (Fsp3) is 0.692. The topological polar surface area (TPSA) is 0 Å². The molecule has 0 radical (unpaired) electrons. The molecule has 0 aromatic heterocycles. The number of unbranched alkanes of at least 4 members (excludes halogenated alkanes) is 2. The Balaban J connectivity index is 2.57. The van der Waals surface area contributed by atoms with Crippen LogP contribution < -0.4 is 0 Å². The van der Waals surface area contributed by atoms with Gasteiger partial charge in [-0.2, -0.15) is 11.1 Å². The predicted molar refractivity (Wildman–Crippen MR) is 73.1 cm³/mol. The Morgan fingerprint density at radius 1 is 1.00 bits per heavy atom. The van der Waals surface area contributed by atoms with Crippen LogP contribution in [0.3, 0.4) is 0 Å². The van der Waals surface area contributed by atoms with E-state index in [9.17, 15) is 0 Å². The summed E-state index contributed by atoms with van der Waals surface area (Å²) < 4.78 is 0. The van der Waals surface area contributed by atoms with Crippen LogP contribution in [0, 0.1) is 0 Å². The molecule has 0 aromatic rings. The second-order valence-electron chi connectivity index (χ2n) is 4.54. The molecule has 0 aromatic carbocycles. The molecule has 86 valence electrons. The molecule has 0 nitrogen and oxygen atoms in total.